The van der Waals surface area contributed by atoms with Crippen LogP contribution in [0.2, 0.25) is 0 Å². The monoisotopic (exact) mass is 282 g/mol. The number of hydrogen-bond acceptors (Lipinski definition) is 6. The van der Waals surface area contributed by atoms with Crippen LogP contribution in [0.5, 0.6) is 0 Å². The molecule has 0 aromatic carbocycles. The molecule has 0 unspecified atom stereocenters. The second-order valence-corrected chi connectivity index (χ2v) is 6.04. The minimum absolute atomic E-state index is 0.101. The SMILES string of the molecule is C=C(C)C(=O)OCCOP(=S)(OCC)OCC. The third-order valence-corrected chi connectivity index (χ3v) is 4.09. The van der Waals surface area contributed by atoms with Gasteiger partial charge < -0.3 is 18.3 Å². The first-order chi connectivity index (χ1) is 7.95. The molecule has 5 nitrogen and oxygen atoms in total. The van der Waals surface area contributed by atoms with Crippen molar-refractivity contribution in [2.45, 2.75) is 20.8 Å². The fourth-order valence-corrected chi connectivity index (χ4v) is 2.84. The van der Waals surface area contributed by atoms with Gasteiger partial charge in [-0.2, -0.15) is 0 Å². The first-order valence-corrected chi connectivity index (χ1v) is 7.87. The standard InChI is InChI=1S/C10H19O5PS/c1-5-13-16(17,14-6-2)15-8-7-12-10(11)9(3)4/h3,5-8H2,1-2,4H3. The van der Waals surface area contributed by atoms with Crippen molar-refractivity contribution in [2.75, 3.05) is 26.4 Å². The summed E-state index contributed by atoms with van der Waals surface area (Å²) in [4.78, 5) is 11.1. The molecule has 0 aliphatic rings. The van der Waals surface area contributed by atoms with Crippen molar-refractivity contribution >= 4 is 24.5 Å². The average molecular weight is 282 g/mol. The summed E-state index contributed by atoms with van der Waals surface area (Å²) in [6.07, 6.45) is 0. The Hall–Kier alpha value is -0.260. The zero-order valence-corrected chi connectivity index (χ0v) is 12.1. The predicted molar refractivity (Wildman–Crippen MR) is 69.3 cm³/mol. The highest BCUT2D eigenvalue weighted by Gasteiger charge is 2.19. The van der Waals surface area contributed by atoms with Crippen LogP contribution in [-0.4, -0.2) is 32.4 Å². The molecule has 0 fully saturated rings. The predicted octanol–water partition coefficient (Wildman–Crippen LogP) is 2.42. The van der Waals surface area contributed by atoms with Gasteiger partial charge in [0.1, 0.15) is 6.61 Å². The highest BCUT2D eigenvalue weighted by Crippen LogP contribution is 2.49. The van der Waals surface area contributed by atoms with Crippen molar-refractivity contribution in [3.8, 4) is 0 Å². The Bertz CT molecular complexity index is 295. The van der Waals surface area contributed by atoms with Crippen LogP contribution in [0.1, 0.15) is 20.8 Å². The van der Waals surface area contributed by atoms with Gasteiger partial charge in [-0.15, -0.1) is 0 Å². The fraction of sp³-hybridized carbons (Fsp3) is 0.700. The number of rotatable bonds is 9. The summed E-state index contributed by atoms with van der Waals surface area (Å²) in [7, 11) is 0. The highest BCUT2D eigenvalue weighted by molar-refractivity contribution is 8.07. The van der Waals surface area contributed by atoms with E-state index >= 15 is 0 Å². The molecule has 0 aliphatic carbocycles. The lowest BCUT2D eigenvalue weighted by Gasteiger charge is -2.20. The molecule has 0 bridgehead atoms. The quantitative estimate of drug-likeness (QED) is 0.280. The van der Waals surface area contributed by atoms with Crippen molar-refractivity contribution < 1.29 is 23.1 Å². The van der Waals surface area contributed by atoms with Crippen LogP contribution in [0.4, 0.5) is 0 Å². The lowest BCUT2D eigenvalue weighted by Crippen LogP contribution is -2.11. The van der Waals surface area contributed by atoms with E-state index in [1.807, 2.05) is 13.8 Å². The second kappa shape index (κ2) is 8.78. The average Bonchev–Trinajstić information content (AvgIpc) is 2.24. The molecule has 17 heavy (non-hydrogen) atoms. The summed E-state index contributed by atoms with van der Waals surface area (Å²) in [5.41, 5.74) is 0.346. The minimum atomic E-state index is -2.68. The minimum Gasteiger partial charge on any atom is -0.460 e. The third kappa shape index (κ3) is 7.63. The van der Waals surface area contributed by atoms with Gasteiger partial charge in [0.25, 0.3) is 0 Å². The van der Waals surface area contributed by atoms with Crippen LogP contribution in [0.25, 0.3) is 0 Å². The summed E-state index contributed by atoms with van der Waals surface area (Å²) in [5.74, 6) is -0.449. The summed E-state index contributed by atoms with van der Waals surface area (Å²) < 4.78 is 20.7. The number of esters is 1. The molecule has 0 amide bonds. The first kappa shape index (κ1) is 16.7. The molecule has 0 aromatic heterocycles. The van der Waals surface area contributed by atoms with Crippen molar-refractivity contribution in [3.63, 3.8) is 0 Å². The lowest BCUT2D eigenvalue weighted by molar-refractivity contribution is -0.139. The van der Waals surface area contributed by atoms with Crippen molar-refractivity contribution in [1.29, 1.82) is 0 Å². The molecule has 0 aliphatic heterocycles. The van der Waals surface area contributed by atoms with Crippen LogP contribution in [0.3, 0.4) is 0 Å². The number of carbonyl (C=O) groups is 1. The van der Waals surface area contributed by atoms with Gasteiger partial charge in [0, 0.05) is 5.57 Å². The highest BCUT2D eigenvalue weighted by atomic mass is 32.5. The van der Waals surface area contributed by atoms with E-state index in [9.17, 15) is 4.79 Å². The topological polar surface area (TPSA) is 54.0 Å². The number of carbonyl (C=O) groups excluding carboxylic acids is 1. The summed E-state index contributed by atoms with van der Waals surface area (Å²) in [5, 5.41) is 0. The van der Waals surface area contributed by atoms with Crippen molar-refractivity contribution in [2.24, 2.45) is 0 Å². The van der Waals surface area contributed by atoms with Crippen LogP contribution in [-0.2, 0) is 34.9 Å². The zero-order chi connectivity index (χ0) is 13.3. The van der Waals surface area contributed by atoms with Crippen LogP contribution in [0.15, 0.2) is 12.2 Å². The fourth-order valence-electron chi connectivity index (χ4n) is 0.835. The van der Waals surface area contributed by atoms with Gasteiger partial charge in [-0.1, -0.05) is 6.58 Å². The Labute approximate surface area is 107 Å². The molecular formula is C10H19O5PS. The van der Waals surface area contributed by atoms with E-state index < -0.39 is 12.7 Å². The molecule has 0 saturated heterocycles. The molecule has 0 saturated carbocycles. The van der Waals surface area contributed by atoms with Gasteiger partial charge >= 0.3 is 12.7 Å². The molecule has 0 heterocycles. The Kier molecular flexibility index (Phi) is 8.64. The van der Waals surface area contributed by atoms with Gasteiger partial charge in [0.2, 0.25) is 0 Å². The molecule has 0 spiro atoms. The van der Waals surface area contributed by atoms with Gasteiger partial charge in [-0.25, -0.2) is 4.79 Å². The van der Waals surface area contributed by atoms with Gasteiger partial charge in [0.15, 0.2) is 0 Å². The lowest BCUT2D eigenvalue weighted by atomic mass is 10.4. The normalized spacial score (nSPS) is 11.2. The summed E-state index contributed by atoms with van der Waals surface area (Å²) in [6, 6.07) is 0. The maximum Gasteiger partial charge on any atom is 0.333 e. The first-order valence-electron chi connectivity index (χ1n) is 5.31. The number of ether oxygens (including phenoxy) is 1. The van der Waals surface area contributed by atoms with Crippen LogP contribution >= 0.6 is 6.72 Å². The van der Waals surface area contributed by atoms with Crippen molar-refractivity contribution in [3.05, 3.63) is 12.2 Å². The van der Waals surface area contributed by atoms with E-state index in [1.165, 1.54) is 0 Å². The van der Waals surface area contributed by atoms with Gasteiger partial charge in [-0.3, -0.25) is 0 Å². The molecule has 100 valence electrons. The van der Waals surface area contributed by atoms with Crippen LogP contribution < -0.4 is 0 Å². The molecule has 0 N–H and O–H groups in total. The molecule has 0 atom stereocenters. The largest absolute Gasteiger partial charge is 0.460 e. The van der Waals surface area contributed by atoms with E-state index in [-0.39, 0.29) is 13.2 Å². The van der Waals surface area contributed by atoms with E-state index in [4.69, 9.17) is 30.1 Å². The van der Waals surface area contributed by atoms with Crippen molar-refractivity contribution in [1.82, 2.24) is 0 Å². The Morgan fingerprint density at radius 1 is 1.18 bits per heavy atom. The molecule has 7 heteroatoms. The Morgan fingerprint density at radius 2 is 1.71 bits per heavy atom. The molecular weight excluding hydrogens is 263 g/mol. The second-order valence-electron chi connectivity index (χ2n) is 3.03. The maximum absolute atomic E-state index is 11.1. The van der Waals surface area contributed by atoms with Gasteiger partial charge in [0.05, 0.1) is 19.8 Å². The van der Waals surface area contributed by atoms with E-state index in [0.717, 1.165) is 0 Å². The molecule has 0 radical (unpaired) electrons. The summed E-state index contributed by atoms with van der Waals surface area (Å²) >= 11 is 5.12. The van der Waals surface area contributed by atoms with E-state index in [2.05, 4.69) is 6.58 Å². The number of hydrogen-bond donors (Lipinski definition) is 0. The summed E-state index contributed by atoms with van der Waals surface area (Å²) in [6.45, 7) is 7.07. The third-order valence-electron chi connectivity index (χ3n) is 1.49. The Balaban J connectivity index is 3.95. The maximum atomic E-state index is 11.1. The van der Waals surface area contributed by atoms with Crippen LogP contribution in [0, 0.1) is 0 Å². The molecule has 0 aromatic rings. The zero-order valence-electron chi connectivity index (χ0n) is 10.4. The van der Waals surface area contributed by atoms with E-state index in [0.29, 0.717) is 18.8 Å². The smallest absolute Gasteiger partial charge is 0.333 e. The van der Waals surface area contributed by atoms with E-state index in [1.54, 1.807) is 6.92 Å². The Morgan fingerprint density at radius 3 is 2.12 bits per heavy atom. The van der Waals surface area contributed by atoms with Gasteiger partial charge in [-0.05, 0) is 32.6 Å². The molecule has 0 rings (SSSR count).